The predicted molar refractivity (Wildman–Crippen MR) is 62.3 cm³/mol. The molecule has 80 valence electrons. The zero-order chi connectivity index (χ0) is 10.6. The first-order valence-corrected chi connectivity index (χ1v) is 6.03. The molecule has 1 amide bonds. The van der Waals surface area contributed by atoms with E-state index in [0.29, 0.717) is 13.0 Å². The van der Waals surface area contributed by atoms with Gasteiger partial charge >= 0.3 is 0 Å². The smallest absolute Gasteiger partial charge is 0.222 e. The van der Waals surface area contributed by atoms with E-state index in [2.05, 4.69) is 29.4 Å². The fourth-order valence-electron chi connectivity index (χ4n) is 1.88. The molecule has 1 heterocycles. The Balaban J connectivity index is 2.51. The van der Waals surface area contributed by atoms with Crippen molar-refractivity contribution in [3.63, 3.8) is 0 Å². The van der Waals surface area contributed by atoms with Crippen LogP contribution in [-0.2, 0) is 4.79 Å². The Kier molecular flexibility index (Phi) is 4.66. The van der Waals surface area contributed by atoms with Gasteiger partial charge in [-0.3, -0.25) is 4.79 Å². The summed E-state index contributed by atoms with van der Waals surface area (Å²) in [5.74, 6) is 1.01. The molecule has 0 radical (unpaired) electrons. The minimum absolute atomic E-state index is 0.279. The topological polar surface area (TPSA) is 20.3 Å². The van der Waals surface area contributed by atoms with Crippen LogP contribution in [0.25, 0.3) is 0 Å². The second-order valence-corrected chi connectivity index (χ2v) is 5.06. The fraction of sp³-hybridized carbons (Fsp3) is 0.727. The normalized spacial score (nSPS) is 23.4. The van der Waals surface area contributed by atoms with Crippen LogP contribution >= 0.6 is 15.9 Å². The Bertz CT molecular complexity index is 227. The van der Waals surface area contributed by atoms with Crippen molar-refractivity contribution < 1.29 is 4.79 Å². The van der Waals surface area contributed by atoms with Crippen molar-refractivity contribution in [1.29, 1.82) is 0 Å². The van der Waals surface area contributed by atoms with Gasteiger partial charge in [-0.25, -0.2) is 0 Å². The van der Waals surface area contributed by atoms with E-state index in [1.807, 2.05) is 4.90 Å². The monoisotopic (exact) mass is 259 g/mol. The average molecular weight is 260 g/mol. The number of rotatable bonds is 3. The molecule has 0 saturated carbocycles. The molecule has 1 unspecified atom stereocenters. The van der Waals surface area contributed by atoms with Crippen LogP contribution in [0.5, 0.6) is 0 Å². The minimum atomic E-state index is 0.279. The molecule has 1 atom stereocenters. The summed E-state index contributed by atoms with van der Waals surface area (Å²) in [6.07, 6.45) is 4.10. The number of halogens is 1. The Labute approximate surface area is 94.5 Å². The first-order valence-electron chi connectivity index (χ1n) is 5.24. The fourth-order valence-corrected chi connectivity index (χ4v) is 2.18. The maximum Gasteiger partial charge on any atom is 0.222 e. The van der Waals surface area contributed by atoms with Crippen LogP contribution in [0.15, 0.2) is 11.1 Å². The largest absolute Gasteiger partial charge is 0.338 e. The molecule has 1 fully saturated rings. The van der Waals surface area contributed by atoms with Crippen molar-refractivity contribution in [2.75, 3.05) is 13.1 Å². The summed E-state index contributed by atoms with van der Waals surface area (Å²) in [6.45, 7) is 7.53. The summed E-state index contributed by atoms with van der Waals surface area (Å²) in [5.41, 5.74) is 0. The number of carbonyl (C=O) groups excluding carboxylic acids is 1. The van der Waals surface area contributed by atoms with E-state index in [9.17, 15) is 4.79 Å². The van der Waals surface area contributed by atoms with E-state index < -0.39 is 0 Å². The van der Waals surface area contributed by atoms with Gasteiger partial charge in [0, 0.05) is 17.4 Å². The van der Waals surface area contributed by atoms with Gasteiger partial charge in [0.2, 0.25) is 5.91 Å². The highest BCUT2D eigenvalue weighted by atomic mass is 79.9. The number of likely N-dealkylation sites (tertiary alicyclic amines) is 1. The molecule has 0 aliphatic carbocycles. The number of amides is 1. The third-order valence-electron chi connectivity index (χ3n) is 2.87. The van der Waals surface area contributed by atoms with Crippen molar-refractivity contribution in [3.05, 3.63) is 11.1 Å². The van der Waals surface area contributed by atoms with Crippen molar-refractivity contribution >= 4 is 21.8 Å². The van der Waals surface area contributed by atoms with E-state index in [1.54, 1.807) is 0 Å². The van der Waals surface area contributed by atoms with Crippen molar-refractivity contribution in [2.24, 2.45) is 5.92 Å². The Hall–Kier alpha value is -0.310. The van der Waals surface area contributed by atoms with Gasteiger partial charge in [0.25, 0.3) is 0 Å². The molecular weight excluding hydrogens is 242 g/mol. The van der Waals surface area contributed by atoms with Gasteiger partial charge in [-0.05, 0) is 18.8 Å². The molecule has 1 saturated heterocycles. The third-order valence-corrected chi connectivity index (χ3v) is 3.12. The molecule has 1 aliphatic rings. The van der Waals surface area contributed by atoms with Crippen molar-refractivity contribution in [1.82, 2.24) is 4.90 Å². The first-order chi connectivity index (χ1) is 6.63. The Morgan fingerprint density at radius 1 is 1.64 bits per heavy atom. The predicted octanol–water partition coefficient (Wildman–Crippen LogP) is 2.93. The van der Waals surface area contributed by atoms with Crippen LogP contribution in [0.4, 0.5) is 0 Å². The SMILES string of the molecule is C=C(Br)CN1CCC(CC)CCC1=O. The summed E-state index contributed by atoms with van der Waals surface area (Å²) in [5, 5.41) is 0. The van der Waals surface area contributed by atoms with Crippen molar-refractivity contribution in [2.45, 2.75) is 32.6 Å². The highest BCUT2D eigenvalue weighted by Gasteiger charge is 2.21. The number of carbonyl (C=O) groups is 1. The third kappa shape index (κ3) is 3.45. The lowest BCUT2D eigenvalue weighted by Gasteiger charge is -2.20. The molecule has 14 heavy (non-hydrogen) atoms. The van der Waals surface area contributed by atoms with Crippen molar-refractivity contribution in [3.8, 4) is 0 Å². The van der Waals surface area contributed by atoms with Gasteiger partial charge < -0.3 is 4.90 Å². The summed E-state index contributed by atoms with van der Waals surface area (Å²) >= 11 is 3.31. The molecule has 1 rings (SSSR count). The molecular formula is C11H18BrNO. The van der Waals surface area contributed by atoms with E-state index in [-0.39, 0.29) is 5.91 Å². The van der Waals surface area contributed by atoms with E-state index in [0.717, 1.165) is 29.8 Å². The molecule has 0 aromatic rings. The molecule has 0 aromatic carbocycles. The van der Waals surface area contributed by atoms with E-state index in [4.69, 9.17) is 0 Å². The van der Waals surface area contributed by atoms with Gasteiger partial charge in [0.15, 0.2) is 0 Å². The van der Waals surface area contributed by atoms with Crippen LogP contribution in [0.1, 0.15) is 32.6 Å². The molecule has 0 N–H and O–H groups in total. The zero-order valence-corrected chi connectivity index (χ0v) is 10.3. The molecule has 0 bridgehead atoms. The first kappa shape index (κ1) is 11.8. The van der Waals surface area contributed by atoms with Crippen LogP contribution in [0.3, 0.4) is 0 Å². The number of nitrogens with zero attached hydrogens (tertiary/aromatic N) is 1. The quantitative estimate of drug-likeness (QED) is 0.764. The minimum Gasteiger partial charge on any atom is -0.338 e. The molecule has 3 heteroatoms. The lowest BCUT2D eigenvalue weighted by Crippen LogP contribution is -2.31. The lowest BCUT2D eigenvalue weighted by atomic mass is 9.98. The average Bonchev–Trinajstić information content (AvgIpc) is 2.30. The van der Waals surface area contributed by atoms with Gasteiger partial charge in [-0.15, -0.1) is 0 Å². The van der Waals surface area contributed by atoms with Gasteiger partial charge in [-0.1, -0.05) is 35.9 Å². The Morgan fingerprint density at radius 3 is 2.93 bits per heavy atom. The molecule has 0 spiro atoms. The highest BCUT2D eigenvalue weighted by Crippen LogP contribution is 2.21. The Morgan fingerprint density at radius 2 is 2.36 bits per heavy atom. The van der Waals surface area contributed by atoms with E-state index in [1.165, 1.54) is 6.42 Å². The van der Waals surface area contributed by atoms with Gasteiger partial charge in [0.1, 0.15) is 0 Å². The maximum absolute atomic E-state index is 11.7. The molecule has 1 aliphatic heterocycles. The van der Waals surface area contributed by atoms with E-state index >= 15 is 0 Å². The summed E-state index contributed by atoms with van der Waals surface area (Å²) in [4.78, 5) is 13.6. The summed E-state index contributed by atoms with van der Waals surface area (Å²) in [6, 6.07) is 0. The molecule has 2 nitrogen and oxygen atoms in total. The van der Waals surface area contributed by atoms with Crippen LogP contribution < -0.4 is 0 Å². The maximum atomic E-state index is 11.7. The van der Waals surface area contributed by atoms with Gasteiger partial charge in [-0.2, -0.15) is 0 Å². The zero-order valence-electron chi connectivity index (χ0n) is 8.76. The second kappa shape index (κ2) is 5.54. The highest BCUT2D eigenvalue weighted by molar-refractivity contribution is 9.11. The van der Waals surface area contributed by atoms with Crippen LogP contribution in [0.2, 0.25) is 0 Å². The van der Waals surface area contributed by atoms with Crippen LogP contribution in [0, 0.1) is 5.92 Å². The number of hydrogen-bond acceptors (Lipinski definition) is 1. The van der Waals surface area contributed by atoms with Gasteiger partial charge in [0.05, 0.1) is 6.54 Å². The summed E-state index contributed by atoms with van der Waals surface area (Å²) < 4.78 is 0.890. The summed E-state index contributed by atoms with van der Waals surface area (Å²) in [7, 11) is 0. The standard InChI is InChI=1S/C11H18BrNO/c1-3-10-4-5-11(14)13(7-6-10)8-9(2)12/h10H,2-8H2,1H3. The lowest BCUT2D eigenvalue weighted by molar-refractivity contribution is -0.130. The number of hydrogen-bond donors (Lipinski definition) is 0. The molecule has 0 aromatic heterocycles. The van der Waals surface area contributed by atoms with Crippen LogP contribution in [-0.4, -0.2) is 23.9 Å². The second-order valence-electron chi connectivity index (χ2n) is 3.93.